The summed E-state index contributed by atoms with van der Waals surface area (Å²) in [5.74, 6) is 1.91. The first-order chi connectivity index (χ1) is 16.7. The van der Waals surface area contributed by atoms with Gasteiger partial charge in [-0.05, 0) is 29.8 Å². The number of carbonyl (C=O) groups excluding carboxylic acids is 1. The number of hydrogen-bond donors (Lipinski definition) is 1. The Labute approximate surface area is 202 Å². The van der Waals surface area contributed by atoms with Gasteiger partial charge < -0.3 is 14.5 Å². The molecule has 174 valence electrons. The highest BCUT2D eigenvalue weighted by Crippen LogP contribution is 2.29. The highest BCUT2D eigenvalue weighted by Gasteiger charge is 2.21. The number of fused-ring (bicyclic) bond motifs is 1. The Bertz CT molecular complexity index is 1250. The summed E-state index contributed by atoms with van der Waals surface area (Å²) in [6.45, 7) is 2.76. The Balaban J connectivity index is 1.13. The number of aryl methyl sites for hydroxylation is 1. The SMILES string of the molecule is COc1ccc(-c2cnc(CCC(=O)Nc3nc4c(s3)CN(Cc3ccccc3)CC4)o2)cc1. The van der Waals surface area contributed by atoms with E-state index in [0.717, 1.165) is 43.1 Å². The molecule has 34 heavy (non-hydrogen) atoms. The van der Waals surface area contributed by atoms with Crippen molar-refractivity contribution in [3.8, 4) is 17.1 Å². The molecule has 0 bridgehead atoms. The molecule has 0 saturated heterocycles. The van der Waals surface area contributed by atoms with Gasteiger partial charge in [-0.3, -0.25) is 9.69 Å². The fraction of sp³-hybridized carbons (Fsp3) is 0.269. The maximum Gasteiger partial charge on any atom is 0.226 e. The maximum absolute atomic E-state index is 12.5. The minimum absolute atomic E-state index is 0.0866. The van der Waals surface area contributed by atoms with Crippen molar-refractivity contribution in [2.24, 2.45) is 0 Å². The largest absolute Gasteiger partial charge is 0.497 e. The second-order valence-electron chi connectivity index (χ2n) is 8.23. The lowest BCUT2D eigenvalue weighted by Crippen LogP contribution is -2.29. The summed E-state index contributed by atoms with van der Waals surface area (Å²) in [5, 5.41) is 3.62. The van der Waals surface area contributed by atoms with Crippen LogP contribution in [0.1, 0.15) is 28.4 Å². The molecule has 4 aromatic rings. The highest BCUT2D eigenvalue weighted by molar-refractivity contribution is 7.15. The number of benzene rings is 2. The van der Waals surface area contributed by atoms with E-state index in [4.69, 9.17) is 9.15 Å². The van der Waals surface area contributed by atoms with Gasteiger partial charge in [-0.1, -0.05) is 30.3 Å². The van der Waals surface area contributed by atoms with E-state index in [2.05, 4.69) is 44.5 Å². The molecule has 1 aliphatic heterocycles. The Morgan fingerprint density at radius 3 is 2.79 bits per heavy atom. The van der Waals surface area contributed by atoms with Gasteiger partial charge in [0, 0.05) is 49.3 Å². The van der Waals surface area contributed by atoms with Crippen LogP contribution < -0.4 is 10.1 Å². The van der Waals surface area contributed by atoms with Crippen LogP contribution in [0.5, 0.6) is 5.75 Å². The molecule has 0 unspecified atom stereocenters. The van der Waals surface area contributed by atoms with Crippen molar-refractivity contribution in [1.29, 1.82) is 0 Å². The second kappa shape index (κ2) is 10.2. The number of hydrogen-bond acceptors (Lipinski definition) is 7. The van der Waals surface area contributed by atoms with Crippen LogP contribution in [0.15, 0.2) is 65.2 Å². The summed E-state index contributed by atoms with van der Waals surface area (Å²) in [5.41, 5.74) is 3.32. The Kier molecular flexibility index (Phi) is 6.69. The number of rotatable bonds is 8. The topological polar surface area (TPSA) is 80.5 Å². The van der Waals surface area contributed by atoms with Gasteiger partial charge in [0.1, 0.15) is 5.75 Å². The molecule has 0 fully saturated rings. The fourth-order valence-electron chi connectivity index (χ4n) is 4.00. The summed E-state index contributed by atoms with van der Waals surface area (Å²) in [7, 11) is 1.63. The molecular formula is C26H26N4O3S. The highest BCUT2D eigenvalue weighted by atomic mass is 32.1. The molecule has 2 aromatic heterocycles. The van der Waals surface area contributed by atoms with Crippen molar-refractivity contribution >= 4 is 22.4 Å². The van der Waals surface area contributed by atoms with Crippen LogP contribution in [0.2, 0.25) is 0 Å². The van der Waals surface area contributed by atoms with Crippen LogP contribution in [-0.4, -0.2) is 34.4 Å². The number of nitrogens with zero attached hydrogens (tertiary/aromatic N) is 3. The van der Waals surface area contributed by atoms with Crippen LogP contribution in [0.4, 0.5) is 5.13 Å². The van der Waals surface area contributed by atoms with Crippen molar-refractivity contribution < 1.29 is 13.9 Å². The average molecular weight is 475 g/mol. The molecule has 2 aromatic carbocycles. The molecule has 8 heteroatoms. The predicted octanol–water partition coefficient (Wildman–Crippen LogP) is 4.94. The number of aromatic nitrogens is 2. The van der Waals surface area contributed by atoms with Gasteiger partial charge in [0.25, 0.3) is 0 Å². The lowest BCUT2D eigenvalue weighted by molar-refractivity contribution is -0.116. The first-order valence-corrected chi connectivity index (χ1v) is 12.1. The van der Waals surface area contributed by atoms with Crippen LogP contribution in [-0.2, 0) is 30.7 Å². The monoisotopic (exact) mass is 474 g/mol. The zero-order chi connectivity index (χ0) is 23.3. The molecule has 1 aliphatic rings. The van der Waals surface area contributed by atoms with Gasteiger partial charge in [-0.25, -0.2) is 9.97 Å². The van der Waals surface area contributed by atoms with E-state index in [-0.39, 0.29) is 12.3 Å². The van der Waals surface area contributed by atoms with Gasteiger partial charge in [0.2, 0.25) is 5.91 Å². The Morgan fingerprint density at radius 2 is 2.00 bits per heavy atom. The van der Waals surface area contributed by atoms with Crippen molar-refractivity contribution in [2.75, 3.05) is 19.0 Å². The number of ether oxygens (including phenoxy) is 1. The van der Waals surface area contributed by atoms with E-state index in [1.807, 2.05) is 30.3 Å². The number of oxazole rings is 1. The minimum atomic E-state index is -0.0866. The lowest BCUT2D eigenvalue weighted by Gasteiger charge is -2.25. The van der Waals surface area contributed by atoms with Gasteiger partial charge >= 0.3 is 0 Å². The van der Waals surface area contributed by atoms with E-state index in [9.17, 15) is 4.79 Å². The molecule has 0 radical (unpaired) electrons. The smallest absolute Gasteiger partial charge is 0.226 e. The van der Waals surface area contributed by atoms with E-state index in [1.54, 1.807) is 24.6 Å². The zero-order valence-corrected chi connectivity index (χ0v) is 19.8. The molecule has 0 spiro atoms. The van der Waals surface area contributed by atoms with E-state index in [0.29, 0.717) is 23.2 Å². The Morgan fingerprint density at radius 1 is 1.18 bits per heavy atom. The molecular weight excluding hydrogens is 448 g/mol. The van der Waals surface area contributed by atoms with Gasteiger partial charge in [-0.2, -0.15) is 0 Å². The first kappa shape index (κ1) is 22.3. The normalized spacial score (nSPS) is 13.4. The summed E-state index contributed by atoms with van der Waals surface area (Å²) in [6.07, 6.45) is 3.30. The summed E-state index contributed by atoms with van der Waals surface area (Å²) in [6, 6.07) is 18.1. The predicted molar refractivity (Wildman–Crippen MR) is 132 cm³/mol. The second-order valence-corrected chi connectivity index (χ2v) is 9.31. The number of nitrogens with one attached hydrogen (secondary N) is 1. The molecule has 1 N–H and O–H groups in total. The average Bonchev–Trinajstić information content (AvgIpc) is 3.50. The van der Waals surface area contributed by atoms with Crippen LogP contribution >= 0.6 is 11.3 Å². The van der Waals surface area contributed by atoms with Crippen LogP contribution in [0.25, 0.3) is 11.3 Å². The van der Waals surface area contributed by atoms with Crippen molar-refractivity contribution in [3.05, 3.63) is 82.8 Å². The number of thiazole rings is 1. The van der Waals surface area contributed by atoms with Gasteiger partial charge in [0.05, 0.1) is 19.0 Å². The third-order valence-corrected chi connectivity index (χ3v) is 6.80. The molecule has 5 rings (SSSR count). The zero-order valence-electron chi connectivity index (χ0n) is 19.0. The Hall–Kier alpha value is -3.49. The minimum Gasteiger partial charge on any atom is -0.497 e. The van der Waals surface area contributed by atoms with Crippen molar-refractivity contribution in [1.82, 2.24) is 14.9 Å². The van der Waals surface area contributed by atoms with Crippen molar-refractivity contribution in [3.63, 3.8) is 0 Å². The van der Waals surface area contributed by atoms with Crippen molar-refractivity contribution in [2.45, 2.75) is 32.4 Å². The fourth-order valence-corrected chi connectivity index (χ4v) is 5.06. The van der Waals surface area contributed by atoms with Crippen LogP contribution in [0, 0.1) is 0 Å². The van der Waals surface area contributed by atoms with Gasteiger partial charge in [-0.15, -0.1) is 11.3 Å². The number of amides is 1. The lowest BCUT2D eigenvalue weighted by atomic mass is 10.1. The quantitative estimate of drug-likeness (QED) is 0.390. The first-order valence-electron chi connectivity index (χ1n) is 11.3. The number of methoxy groups -OCH3 is 1. The van der Waals surface area contributed by atoms with Crippen LogP contribution in [0.3, 0.4) is 0 Å². The molecule has 0 saturated carbocycles. The third kappa shape index (κ3) is 5.35. The number of carbonyl (C=O) groups is 1. The molecule has 0 atom stereocenters. The van der Waals surface area contributed by atoms with E-state index < -0.39 is 0 Å². The van der Waals surface area contributed by atoms with E-state index >= 15 is 0 Å². The maximum atomic E-state index is 12.5. The summed E-state index contributed by atoms with van der Waals surface area (Å²) in [4.78, 5) is 25.1. The molecule has 7 nitrogen and oxygen atoms in total. The van der Waals surface area contributed by atoms with Gasteiger partial charge in [0.15, 0.2) is 16.8 Å². The molecule has 0 aliphatic carbocycles. The summed E-state index contributed by atoms with van der Waals surface area (Å²) < 4.78 is 11.0. The summed E-state index contributed by atoms with van der Waals surface area (Å²) >= 11 is 1.57. The van der Waals surface area contributed by atoms with E-state index in [1.165, 1.54) is 10.4 Å². The third-order valence-electron chi connectivity index (χ3n) is 5.80. The number of anilines is 1. The molecule has 1 amide bonds. The molecule has 3 heterocycles. The standard InChI is InChI=1S/C26H26N4O3S/c1-32-20-9-7-19(8-10-20)22-15-27-25(33-22)12-11-24(31)29-26-28-21-13-14-30(17-23(21)34-26)16-18-5-3-2-4-6-18/h2-10,15H,11-14,16-17H2,1H3,(H,28,29,31).